The van der Waals surface area contributed by atoms with Gasteiger partial charge in [0.15, 0.2) is 0 Å². The average molecular weight is 376 g/mol. The van der Waals surface area contributed by atoms with Crippen LogP contribution in [0.25, 0.3) is 0 Å². The first-order valence-corrected chi connectivity index (χ1v) is 7.14. The van der Waals surface area contributed by atoms with Crippen LogP contribution in [0.2, 0.25) is 10.0 Å². The van der Waals surface area contributed by atoms with Gasteiger partial charge in [-0.05, 0) is 45.8 Å². The molecule has 0 saturated heterocycles. The summed E-state index contributed by atoms with van der Waals surface area (Å²) in [6.45, 7) is 0.428. The Morgan fingerprint density at radius 2 is 1.95 bits per heavy atom. The predicted molar refractivity (Wildman–Crippen MR) is 84.6 cm³/mol. The summed E-state index contributed by atoms with van der Waals surface area (Å²) in [5, 5.41) is 15.0. The molecule has 0 atom stereocenters. The van der Waals surface area contributed by atoms with E-state index in [1.807, 2.05) is 12.1 Å². The van der Waals surface area contributed by atoms with Crippen molar-refractivity contribution in [3.05, 3.63) is 66.6 Å². The number of hydrogen-bond acceptors (Lipinski definition) is 3. The smallest absolute Gasteiger partial charge is 0.292 e. The van der Waals surface area contributed by atoms with E-state index in [0.717, 1.165) is 10.0 Å². The van der Waals surface area contributed by atoms with Crippen LogP contribution in [0.5, 0.6) is 0 Å². The molecule has 0 bridgehead atoms. The van der Waals surface area contributed by atoms with Gasteiger partial charge < -0.3 is 5.32 Å². The van der Waals surface area contributed by atoms with E-state index in [4.69, 9.17) is 23.2 Å². The highest BCUT2D eigenvalue weighted by molar-refractivity contribution is 9.10. The summed E-state index contributed by atoms with van der Waals surface area (Å²) >= 11 is 15.1. The van der Waals surface area contributed by atoms with E-state index in [9.17, 15) is 10.1 Å². The van der Waals surface area contributed by atoms with Gasteiger partial charge in [-0.3, -0.25) is 10.1 Å². The summed E-state index contributed by atoms with van der Waals surface area (Å²) in [5.41, 5.74) is 1.31. The lowest BCUT2D eigenvalue weighted by atomic mass is 10.2. The highest BCUT2D eigenvalue weighted by Crippen LogP contribution is 2.29. The zero-order chi connectivity index (χ0) is 14.7. The largest absolute Gasteiger partial charge is 0.375 e. The molecule has 0 radical (unpaired) electrons. The van der Waals surface area contributed by atoms with Crippen LogP contribution >= 0.6 is 39.1 Å². The molecule has 0 saturated carbocycles. The molecule has 0 heterocycles. The first kappa shape index (κ1) is 15.1. The van der Waals surface area contributed by atoms with Crippen molar-refractivity contribution < 1.29 is 4.92 Å². The lowest BCUT2D eigenvalue weighted by molar-refractivity contribution is -0.384. The molecular weight excluding hydrogens is 367 g/mol. The standard InChI is InChI=1S/C13H9BrCl2N2O2/c14-10-5-8(1-3-11(10)16)7-17-12-6-9(15)2-4-13(12)18(19)20/h1-6,17H,7H2. The van der Waals surface area contributed by atoms with E-state index < -0.39 is 4.92 Å². The van der Waals surface area contributed by atoms with E-state index in [-0.39, 0.29) is 5.69 Å². The van der Waals surface area contributed by atoms with Crippen molar-refractivity contribution >= 4 is 50.5 Å². The van der Waals surface area contributed by atoms with Crippen LogP contribution in [0.4, 0.5) is 11.4 Å². The van der Waals surface area contributed by atoms with Gasteiger partial charge in [0, 0.05) is 22.1 Å². The lowest BCUT2D eigenvalue weighted by Gasteiger charge is -2.08. The van der Waals surface area contributed by atoms with Gasteiger partial charge in [-0.25, -0.2) is 0 Å². The van der Waals surface area contributed by atoms with Crippen molar-refractivity contribution in [1.29, 1.82) is 0 Å². The molecule has 2 aromatic carbocycles. The van der Waals surface area contributed by atoms with Crippen molar-refractivity contribution in [2.45, 2.75) is 6.54 Å². The maximum atomic E-state index is 10.9. The van der Waals surface area contributed by atoms with Crippen LogP contribution in [0.3, 0.4) is 0 Å². The van der Waals surface area contributed by atoms with E-state index in [1.165, 1.54) is 18.2 Å². The second-order valence-corrected chi connectivity index (χ2v) is 5.72. The molecule has 0 unspecified atom stereocenters. The van der Waals surface area contributed by atoms with Gasteiger partial charge in [-0.1, -0.05) is 29.3 Å². The summed E-state index contributed by atoms with van der Waals surface area (Å²) in [4.78, 5) is 10.5. The Morgan fingerprint density at radius 3 is 2.60 bits per heavy atom. The summed E-state index contributed by atoms with van der Waals surface area (Å²) < 4.78 is 0.777. The number of benzene rings is 2. The van der Waals surface area contributed by atoms with Crippen LogP contribution in [-0.2, 0) is 6.54 Å². The highest BCUT2D eigenvalue weighted by atomic mass is 79.9. The molecular formula is C13H9BrCl2N2O2. The third-order valence-electron chi connectivity index (χ3n) is 2.62. The quantitative estimate of drug-likeness (QED) is 0.584. The summed E-state index contributed by atoms with van der Waals surface area (Å²) in [6.07, 6.45) is 0. The third-order valence-corrected chi connectivity index (χ3v) is 4.07. The molecule has 0 aliphatic rings. The van der Waals surface area contributed by atoms with Crippen LogP contribution in [0.1, 0.15) is 5.56 Å². The van der Waals surface area contributed by atoms with Gasteiger partial charge >= 0.3 is 0 Å². The molecule has 0 aliphatic heterocycles. The molecule has 0 aliphatic carbocycles. The Bertz CT molecular complexity index is 665. The van der Waals surface area contributed by atoms with Crippen molar-refractivity contribution in [1.82, 2.24) is 0 Å². The number of nitro benzene ring substituents is 1. The van der Waals surface area contributed by atoms with E-state index >= 15 is 0 Å². The normalized spacial score (nSPS) is 10.3. The molecule has 0 aromatic heterocycles. The maximum Gasteiger partial charge on any atom is 0.292 e. The number of nitro groups is 1. The van der Waals surface area contributed by atoms with Gasteiger partial charge in [0.05, 0.1) is 9.95 Å². The van der Waals surface area contributed by atoms with E-state index in [2.05, 4.69) is 21.2 Å². The van der Waals surface area contributed by atoms with Crippen molar-refractivity contribution in [3.8, 4) is 0 Å². The van der Waals surface area contributed by atoms with Gasteiger partial charge in [-0.15, -0.1) is 0 Å². The number of rotatable bonds is 4. The SMILES string of the molecule is O=[N+]([O-])c1ccc(Cl)cc1NCc1ccc(Cl)c(Br)c1. The molecule has 7 heteroatoms. The topological polar surface area (TPSA) is 55.2 Å². The second-order valence-electron chi connectivity index (χ2n) is 4.02. The molecule has 2 rings (SSSR count). The Kier molecular flexibility index (Phi) is 4.86. The molecule has 0 fully saturated rings. The Hall–Kier alpha value is -1.30. The zero-order valence-electron chi connectivity index (χ0n) is 10.1. The molecule has 20 heavy (non-hydrogen) atoms. The average Bonchev–Trinajstić information content (AvgIpc) is 2.40. The Balaban J connectivity index is 2.20. The number of anilines is 1. The summed E-state index contributed by atoms with van der Waals surface area (Å²) in [6, 6.07) is 9.86. The minimum Gasteiger partial charge on any atom is -0.375 e. The molecule has 0 spiro atoms. The number of halogens is 3. The van der Waals surface area contributed by atoms with Crippen LogP contribution < -0.4 is 5.32 Å². The van der Waals surface area contributed by atoms with Crippen LogP contribution in [0.15, 0.2) is 40.9 Å². The van der Waals surface area contributed by atoms with Crippen LogP contribution in [0, 0.1) is 10.1 Å². The summed E-state index contributed by atoms with van der Waals surface area (Å²) in [5.74, 6) is 0. The number of nitrogens with zero attached hydrogens (tertiary/aromatic N) is 1. The van der Waals surface area contributed by atoms with Crippen LogP contribution in [-0.4, -0.2) is 4.92 Å². The van der Waals surface area contributed by atoms with E-state index in [0.29, 0.717) is 22.3 Å². The number of hydrogen-bond donors (Lipinski definition) is 1. The Morgan fingerprint density at radius 1 is 1.20 bits per heavy atom. The zero-order valence-corrected chi connectivity index (χ0v) is 13.2. The predicted octanol–water partition coefficient (Wildman–Crippen LogP) is 5.28. The van der Waals surface area contributed by atoms with Gasteiger partial charge in [0.1, 0.15) is 5.69 Å². The van der Waals surface area contributed by atoms with Gasteiger partial charge in [0.2, 0.25) is 0 Å². The molecule has 0 amide bonds. The number of nitrogens with one attached hydrogen (secondary N) is 1. The minimum absolute atomic E-state index is 0.0116. The fourth-order valence-corrected chi connectivity index (χ4v) is 2.37. The maximum absolute atomic E-state index is 10.9. The third kappa shape index (κ3) is 3.62. The first-order valence-electron chi connectivity index (χ1n) is 5.59. The lowest BCUT2D eigenvalue weighted by Crippen LogP contribution is -2.02. The fraction of sp³-hybridized carbons (Fsp3) is 0.0769. The van der Waals surface area contributed by atoms with Crippen molar-refractivity contribution in [2.24, 2.45) is 0 Å². The molecule has 104 valence electrons. The summed E-state index contributed by atoms with van der Waals surface area (Å²) in [7, 11) is 0. The highest BCUT2D eigenvalue weighted by Gasteiger charge is 2.13. The first-order chi connectivity index (χ1) is 9.47. The van der Waals surface area contributed by atoms with Crippen molar-refractivity contribution in [2.75, 3.05) is 5.32 Å². The molecule has 2 aromatic rings. The van der Waals surface area contributed by atoms with Gasteiger partial charge in [-0.2, -0.15) is 0 Å². The fourth-order valence-electron chi connectivity index (χ4n) is 1.66. The van der Waals surface area contributed by atoms with Crippen molar-refractivity contribution in [3.63, 3.8) is 0 Å². The molecule has 4 nitrogen and oxygen atoms in total. The Labute approximate surface area is 134 Å². The second kappa shape index (κ2) is 6.43. The monoisotopic (exact) mass is 374 g/mol. The van der Waals surface area contributed by atoms with Gasteiger partial charge in [0.25, 0.3) is 5.69 Å². The minimum atomic E-state index is -0.448. The van der Waals surface area contributed by atoms with E-state index in [1.54, 1.807) is 6.07 Å². The molecule has 1 N–H and O–H groups in total.